The van der Waals surface area contributed by atoms with Crippen molar-refractivity contribution in [2.24, 2.45) is 0 Å². The van der Waals surface area contributed by atoms with Crippen molar-refractivity contribution in [2.45, 2.75) is 19.3 Å². The van der Waals surface area contributed by atoms with E-state index in [4.69, 9.17) is 0 Å². The van der Waals surface area contributed by atoms with Gasteiger partial charge in [0.15, 0.2) is 0 Å². The average Bonchev–Trinajstić information content (AvgIpc) is 3.35. The predicted octanol–water partition coefficient (Wildman–Crippen LogP) is 12.5. The maximum Gasteiger partial charge on any atom is 0.0546 e. The summed E-state index contributed by atoms with van der Waals surface area (Å²) in [6.07, 6.45) is 0. The molecule has 46 heavy (non-hydrogen) atoms. The Kier molecular flexibility index (Phi) is 6.88. The Balaban J connectivity index is 1.35. The number of benzene rings is 7. The zero-order chi connectivity index (χ0) is 31.1. The summed E-state index contributed by atoms with van der Waals surface area (Å²) in [5.41, 5.74) is 16.0. The van der Waals surface area contributed by atoms with Crippen LogP contribution < -0.4 is 4.90 Å². The Morgan fingerprint density at radius 3 is 1.30 bits per heavy atom. The van der Waals surface area contributed by atoms with Crippen LogP contribution in [0.4, 0.5) is 17.1 Å². The lowest BCUT2D eigenvalue weighted by Gasteiger charge is -2.30. The summed E-state index contributed by atoms with van der Waals surface area (Å²) in [5, 5.41) is 0. The minimum atomic E-state index is -0.0898. The van der Waals surface area contributed by atoms with Gasteiger partial charge >= 0.3 is 0 Å². The van der Waals surface area contributed by atoms with Gasteiger partial charge in [-0.3, -0.25) is 0 Å². The minimum absolute atomic E-state index is 0.0898. The fourth-order valence-corrected chi connectivity index (χ4v) is 7.06. The molecular weight excluding hydrogens is 555 g/mol. The molecule has 1 aliphatic rings. The maximum atomic E-state index is 2.45. The number of nitrogens with zero attached hydrogens (tertiary/aromatic N) is 1. The van der Waals surface area contributed by atoms with Crippen molar-refractivity contribution < 1.29 is 0 Å². The van der Waals surface area contributed by atoms with E-state index in [0.29, 0.717) is 0 Å². The number of hydrogen-bond donors (Lipinski definition) is 0. The third kappa shape index (κ3) is 4.82. The van der Waals surface area contributed by atoms with Gasteiger partial charge in [0, 0.05) is 22.4 Å². The smallest absolute Gasteiger partial charge is 0.0546 e. The molecule has 0 N–H and O–H groups in total. The highest BCUT2D eigenvalue weighted by Crippen LogP contribution is 2.53. The Morgan fingerprint density at radius 1 is 0.348 bits per heavy atom. The van der Waals surface area contributed by atoms with Crippen LogP contribution in [-0.2, 0) is 5.41 Å². The molecule has 0 aliphatic heterocycles. The second kappa shape index (κ2) is 11.4. The van der Waals surface area contributed by atoms with E-state index in [1.54, 1.807) is 0 Å². The van der Waals surface area contributed by atoms with Crippen molar-refractivity contribution in [3.63, 3.8) is 0 Å². The van der Waals surface area contributed by atoms with Gasteiger partial charge in [-0.25, -0.2) is 0 Å². The molecular formula is C45H35N. The molecule has 0 radical (unpaired) electrons. The summed E-state index contributed by atoms with van der Waals surface area (Å²) in [7, 11) is 0. The molecule has 0 fully saturated rings. The highest BCUT2D eigenvalue weighted by molar-refractivity contribution is 5.95. The maximum absolute atomic E-state index is 2.45. The minimum Gasteiger partial charge on any atom is -0.310 e. The summed E-state index contributed by atoms with van der Waals surface area (Å²) in [6.45, 7) is 4.71. The van der Waals surface area contributed by atoms with Crippen molar-refractivity contribution >= 4 is 17.1 Å². The van der Waals surface area contributed by atoms with Crippen LogP contribution in [0.15, 0.2) is 176 Å². The van der Waals surface area contributed by atoms with E-state index in [1.165, 1.54) is 55.6 Å². The van der Waals surface area contributed by atoms with Crippen LogP contribution in [0.2, 0.25) is 0 Å². The van der Waals surface area contributed by atoms with E-state index in [9.17, 15) is 0 Å². The van der Waals surface area contributed by atoms with Crippen LogP contribution in [0, 0.1) is 0 Å². The molecule has 220 valence electrons. The Labute approximate surface area is 272 Å². The lowest BCUT2D eigenvalue weighted by atomic mass is 9.81. The van der Waals surface area contributed by atoms with Gasteiger partial charge in [-0.15, -0.1) is 0 Å². The monoisotopic (exact) mass is 589 g/mol. The third-order valence-electron chi connectivity index (χ3n) is 9.49. The van der Waals surface area contributed by atoms with Gasteiger partial charge in [0.2, 0.25) is 0 Å². The van der Waals surface area contributed by atoms with Gasteiger partial charge in [0.25, 0.3) is 0 Å². The number of hydrogen-bond acceptors (Lipinski definition) is 1. The topological polar surface area (TPSA) is 3.24 Å². The normalized spacial score (nSPS) is 12.7. The summed E-state index contributed by atoms with van der Waals surface area (Å²) in [4.78, 5) is 2.43. The molecule has 8 rings (SSSR count). The lowest BCUT2D eigenvalue weighted by Crippen LogP contribution is -2.16. The second-order valence-corrected chi connectivity index (χ2v) is 12.6. The van der Waals surface area contributed by atoms with Crippen LogP contribution >= 0.6 is 0 Å². The highest BCUT2D eigenvalue weighted by Gasteiger charge is 2.36. The van der Waals surface area contributed by atoms with Gasteiger partial charge < -0.3 is 4.90 Å². The zero-order valence-corrected chi connectivity index (χ0v) is 26.2. The van der Waals surface area contributed by atoms with E-state index in [2.05, 4.69) is 195 Å². The first-order valence-corrected chi connectivity index (χ1v) is 16.0. The first kappa shape index (κ1) is 27.9. The van der Waals surface area contributed by atoms with Crippen molar-refractivity contribution in [3.05, 3.63) is 187 Å². The van der Waals surface area contributed by atoms with Crippen LogP contribution in [-0.4, -0.2) is 0 Å². The van der Waals surface area contributed by atoms with Crippen molar-refractivity contribution in [2.75, 3.05) is 4.90 Å². The molecule has 0 aromatic heterocycles. The molecule has 0 amide bonds. The molecule has 0 unspecified atom stereocenters. The Morgan fingerprint density at radius 2 is 0.783 bits per heavy atom. The largest absolute Gasteiger partial charge is 0.310 e. The van der Waals surface area contributed by atoms with E-state index >= 15 is 0 Å². The van der Waals surface area contributed by atoms with Gasteiger partial charge in [0.1, 0.15) is 0 Å². The second-order valence-electron chi connectivity index (χ2n) is 12.6. The molecule has 1 heteroatoms. The molecule has 1 nitrogen and oxygen atoms in total. The van der Waals surface area contributed by atoms with E-state index < -0.39 is 0 Å². The molecule has 0 heterocycles. The van der Waals surface area contributed by atoms with Crippen LogP contribution in [0.5, 0.6) is 0 Å². The Hall–Kier alpha value is -5.66. The number of anilines is 3. The number of fused-ring (bicyclic) bond motifs is 3. The predicted molar refractivity (Wildman–Crippen MR) is 195 cm³/mol. The van der Waals surface area contributed by atoms with Gasteiger partial charge in [0.05, 0.1) is 5.69 Å². The molecule has 0 spiro atoms. The standard InChI is InChI=1S/C45H35N/c1-45(2)42-21-13-12-20-39(42)41-31-44(40(30-43(41)45)36-18-10-5-11-19-36)46(37-26-22-34(23-27-37)32-14-6-3-7-15-32)38-28-24-35(25-29-38)33-16-8-4-9-17-33/h3-31H,1-2H3. The van der Waals surface area contributed by atoms with Gasteiger partial charge in [-0.1, -0.05) is 153 Å². The third-order valence-corrected chi connectivity index (χ3v) is 9.49. The van der Waals surface area contributed by atoms with E-state index in [1.807, 2.05) is 0 Å². The van der Waals surface area contributed by atoms with Crippen LogP contribution in [0.25, 0.3) is 44.5 Å². The Bertz CT molecular complexity index is 2040. The number of rotatable bonds is 6. The molecule has 0 saturated heterocycles. The SMILES string of the molecule is CC1(C)c2ccccc2-c2cc(N(c3ccc(-c4ccccc4)cc3)c3ccc(-c4ccccc4)cc3)c(-c3ccccc3)cc21. The summed E-state index contributed by atoms with van der Waals surface area (Å²) >= 11 is 0. The zero-order valence-electron chi connectivity index (χ0n) is 26.2. The molecule has 7 aromatic rings. The van der Waals surface area contributed by atoms with Crippen molar-refractivity contribution in [1.82, 2.24) is 0 Å². The average molecular weight is 590 g/mol. The van der Waals surface area contributed by atoms with Crippen molar-refractivity contribution in [1.29, 1.82) is 0 Å². The lowest BCUT2D eigenvalue weighted by molar-refractivity contribution is 0.660. The summed E-state index contributed by atoms with van der Waals surface area (Å²) < 4.78 is 0. The first-order chi connectivity index (χ1) is 22.6. The summed E-state index contributed by atoms with van der Waals surface area (Å²) in [6, 6.07) is 63.8. The van der Waals surface area contributed by atoms with E-state index in [0.717, 1.165) is 17.1 Å². The molecule has 1 aliphatic carbocycles. The fourth-order valence-electron chi connectivity index (χ4n) is 7.06. The van der Waals surface area contributed by atoms with Gasteiger partial charge in [-0.2, -0.15) is 0 Å². The van der Waals surface area contributed by atoms with Gasteiger partial charge in [-0.05, 0) is 86.5 Å². The van der Waals surface area contributed by atoms with E-state index in [-0.39, 0.29) is 5.41 Å². The summed E-state index contributed by atoms with van der Waals surface area (Å²) in [5.74, 6) is 0. The van der Waals surface area contributed by atoms with Crippen molar-refractivity contribution in [3.8, 4) is 44.5 Å². The van der Waals surface area contributed by atoms with Crippen LogP contribution in [0.3, 0.4) is 0 Å². The first-order valence-electron chi connectivity index (χ1n) is 16.0. The van der Waals surface area contributed by atoms with Crippen LogP contribution in [0.1, 0.15) is 25.0 Å². The molecule has 0 bridgehead atoms. The molecule has 0 atom stereocenters. The highest BCUT2D eigenvalue weighted by atomic mass is 15.1. The quantitative estimate of drug-likeness (QED) is 0.186. The molecule has 7 aromatic carbocycles. The molecule has 0 saturated carbocycles. The fraction of sp³-hybridized carbons (Fsp3) is 0.0667.